The maximum atomic E-state index is 11.8. The molecule has 0 aromatic heterocycles. The summed E-state index contributed by atoms with van der Waals surface area (Å²) in [6, 6.07) is 14.4. The Labute approximate surface area is 150 Å². The number of rotatable bonds is 8. The molecule has 2 aromatic rings. The molecule has 0 saturated heterocycles. The lowest BCUT2D eigenvalue weighted by Crippen LogP contribution is -2.11. The first-order valence-corrected chi connectivity index (χ1v) is 8.84. The minimum Gasteiger partial charge on any atom is -0.494 e. The van der Waals surface area contributed by atoms with Gasteiger partial charge < -0.3 is 15.4 Å². The van der Waals surface area contributed by atoms with Gasteiger partial charge in [0, 0.05) is 24.7 Å². The van der Waals surface area contributed by atoms with Crippen LogP contribution in [0.3, 0.4) is 0 Å². The van der Waals surface area contributed by atoms with Gasteiger partial charge in [-0.25, -0.2) is 0 Å². The molecule has 0 aliphatic carbocycles. The quantitative estimate of drug-likeness (QED) is 0.697. The maximum absolute atomic E-state index is 11.8. The van der Waals surface area contributed by atoms with Gasteiger partial charge in [-0.15, -0.1) is 0 Å². The van der Waals surface area contributed by atoms with Crippen molar-refractivity contribution in [1.29, 1.82) is 0 Å². The molecule has 2 rings (SSSR count). The third-order valence-electron chi connectivity index (χ3n) is 4.10. The van der Waals surface area contributed by atoms with Crippen LogP contribution in [-0.2, 0) is 11.3 Å². The van der Waals surface area contributed by atoms with E-state index in [1.807, 2.05) is 25.1 Å². The van der Waals surface area contributed by atoms with Gasteiger partial charge in [-0.3, -0.25) is 4.79 Å². The van der Waals surface area contributed by atoms with Crippen molar-refractivity contribution in [3.8, 4) is 5.75 Å². The first kappa shape index (κ1) is 18.8. The molecule has 0 radical (unpaired) electrons. The van der Waals surface area contributed by atoms with Crippen LogP contribution < -0.4 is 15.4 Å². The molecule has 0 heterocycles. The summed E-state index contributed by atoms with van der Waals surface area (Å²) < 4.78 is 5.40. The molecular weight excluding hydrogens is 312 g/mol. The molecule has 0 fully saturated rings. The Morgan fingerprint density at radius 3 is 2.44 bits per heavy atom. The van der Waals surface area contributed by atoms with Crippen LogP contribution in [0.25, 0.3) is 0 Å². The van der Waals surface area contributed by atoms with Gasteiger partial charge in [0.1, 0.15) is 5.75 Å². The topological polar surface area (TPSA) is 50.4 Å². The molecule has 0 unspecified atom stereocenters. The fraction of sp³-hybridized carbons (Fsp3) is 0.381. The summed E-state index contributed by atoms with van der Waals surface area (Å²) in [6.07, 6.45) is 1.33. The van der Waals surface area contributed by atoms with Crippen molar-refractivity contribution in [3.05, 3.63) is 53.6 Å². The predicted octanol–water partition coefficient (Wildman–Crippen LogP) is 5.17. The Balaban J connectivity index is 2.01. The summed E-state index contributed by atoms with van der Waals surface area (Å²) in [5.41, 5.74) is 4.23. The molecule has 4 heteroatoms. The second kappa shape index (κ2) is 9.11. The molecule has 0 bridgehead atoms. The zero-order chi connectivity index (χ0) is 18.2. The third kappa shape index (κ3) is 5.52. The first-order chi connectivity index (χ1) is 12.0. The number of anilines is 2. The molecule has 2 N–H and O–H groups in total. The fourth-order valence-corrected chi connectivity index (χ4v) is 2.57. The number of hydrogen-bond acceptors (Lipinski definition) is 3. The molecule has 0 atom stereocenters. The minimum atomic E-state index is 0.00625. The lowest BCUT2D eigenvalue weighted by atomic mass is 10.0. The monoisotopic (exact) mass is 340 g/mol. The van der Waals surface area contributed by atoms with Crippen molar-refractivity contribution in [2.24, 2.45) is 0 Å². The lowest BCUT2D eigenvalue weighted by Gasteiger charge is -2.13. The van der Waals surface area contributed by atoms with E-state index < -0.39 is 0 Å². The van der Waals surface area contributed by atoms with E-state index in [1.165, 1.54) is 11.1 Å². The van der Waals surface area contributed by atoms with Crippen LogP contribution in [0.2, 0.25) is 0 Å². The molecule has 25 heavy (non-hydrogen) atoms. The van der Waals surface area contributed by atoms with E-state index in [1.54, 1.807) is 7.11 Å². The Morgan fingerprint density at radius 1 is 1.12 bits per heavy atom. The smallest absolute Gasteiger partial charge is 0.224 e. The number of hydrogen-bond donors (Lipinski definition) is 2. The van der Waals surface area contributed by atoms with Gasteiger partial charge in [-0.2, -0.15) is 0 Å². The molecule has 0 aliphatic rings. The molecule has 0 aliphatic heterocycles. The van der Waals surface area contributed by atoms with Crippen LogP contribution in [0.5, 0.6) is 5.75 Å². The van der Waals surface area contributed by atoms with Gasteiger partial charge in [-0.1, -0.05) is 45.0 Å². The number of benzene rings is 2. The molecule has 1 amide bonds. The largest absolute Gasteiger partial charge is 0.494 e. The first-order valence-electron chi connectivity index (χ1n) is 8.84. The van der Waals surface area contributed by atoms with Crippen molar-refractivity contribution in [2.45, 2.75) is 46.1 Å². The Bertz CT molecular complexity index is 694. The summed E-state index contributed by atoms with van der Waals surface area (Å²) in [7, 11) is 1.61. The second-order valence-corrected chi connectivity index (χ2v) is 6.46. The summed E-state index contributed by atoms with van der Waals surface area (Å²) >= 11 is 0. The molecule has 0 spiro atoms. The van der Waals surface area contributed by atoms with E-state index in [0.29, 0.717) is 23.8 Å². The highest BCUT2D eigenvalue weighted by Crippen LogP contribution is 2.28. The average molecular weight is 340 g/mol. The van der Waals surface area contributed by atoms with E-state index in [2.05, 4.69) is 48.7 Å². The number of nitrogens with one attached hydrogen (secondary N) is 2. The highest BCUT2D eigenvalue weighted by atomic mass is 16.5. The van der Waals surface area contributed by atoms with Crippen LogP contribution in [-0.4, -0.2) is 13.0 Å². The summed E-state index contributed by atoms with van der Waals surface area (Å²) in [6.45, 7) is 7.11. The van der Waals surface area contributed by atoms with E-state index in [9.17, 15) is 4.79 Å². The number of ether oxygens (including phenoxy) is 1. The lowest BCUT2D eigenvalue weighted by molar-refractivity contribution is -0.116. The van der Waals surface area contributed by atoms with Crippen molar-refractivity contribution in [3.63, 3.8) is 0 Å². The average Bonchev–Trinajstić information content (AvgIpc) is 2.61. The molecule has 4 nitrogen and oxygen atoms in total. The Hall–Kier alpha value is -2.49. The van der Waals surface area contributed by atoms with Crippen LogP contribution in [0, 0.1) is 0 Å². The highest BCUT2D eigenvalue weighted by Gasteiger charge is 2.08. The van der Waals surface area contributed by atoms with Crippen molar-refractivity contribution in [2.75, 3.05) is 17.7 Å². The summed E-state index contributed by atoms with van der Waals surface area (Å²) in [5.74, 6) is 1.21. The van der Waals surface area contributed by atoms with Crippen LogP contribution >= 0.6 is 0 Å². The SMILES string of the molecule is CCCC(=O)Nc1ccc(NCc2ccc(C(C)C)cc2)cc1OC. The number of carbonyl (C=O) groups is 1. The number of methoxy groups -OCH3 is 1. The normalized spacial score (nSPS) is 10.6. The van der Waals surface area contributed by atoms with E-state index in [-0.39, 0.29) is 5.91 Å². The van der Waals surface area contributed by atoms with Gasteiger partial charge in [0.2, 0.25) is 5.91 Å². The molecule has 2 aromatic carbocycles. The van der Waals surface area contributed by atoms with Crippen LogP contribution in [0.15, 0.2) is 42.5 Å². The van der Waals surface area contributed by atoms with Gasteiger partial charge >= 0.3 is 0 Å². The zero-order valence-corrected chi connectivity index (χ0v) is 15.6. The summed E-state index contributed by atoms with van der Waals surface area (Å²) in [4.78, 5) is 11.8. The number of amides is 1. The van der Waals surface area contributed by atoms with E-state index >= 15 is 0 Å². The van der Waals surface area contributed by atoms with E-state index in [0.717, 1.165) is 18.7 Å². The third-order valence-corrected chi connectivity index (χ3v) is 4.10. The van der Waals surface area contributed by atoms with Crippen LogP contribution in [0.1, 0.15) is 50.7 Å². The van der Waals surface area contributed by atoms with Crippen LogP contribution in [0.4, 0.5) is 11.4 Å². The van der Waals surface area contributed by atoms with Gasteiger partial charge in [0.15, 0.2) is 0 Å². The van der Waals surface area contributed by atoms with Crippen molar-refractivity contribution in [1.82, 2.24) is 0 Å². The Kier molecular flexibility index (Phi) is 6.87. The molecule has 134 valence electrons. The second-order valence-electron chi connectivity index (χ2n) is 6.46. The molecular formula is C21H28N2O2. The van der Waals surface area contributed by atoms with E-state index in [4.69, 9.17) is 4.74 Å². The maximum Gasteiger partial charge on any atom is 0.224 e. The highest BCUT2D eigenvalue weighted by molar-refractivity contribution is 5.92. The minimum absolute atomic E-state index is 0.00625. The van der Waals surface area contributed by atoms with Crippen molar-refractivity contribution >= 4 is 17.3 Å². The standard InChI is InChI=1S/C21H28N2O2/c1-5-6-21(24)23-19-12-11-18(13-20(19)25-4)22-14-16-7-9-17(10-8-16)15(2)3/h7-13,15,22H,5-6,14H2,1-4H3,(H,23,24). The van der Waals surface area contributed by atoms with Crippen molar-refractivity contribution < 1.29 is 9.53 Å². The number of carbonyl (C=O) groups excluding carboxylic acids is 1. The van der Waals surface area contributed by atoms with Gasteiger partial charge in [-0.05, 0) is 35.6 Å². The Morgan fingerprint density at radius 2 is 1.84 bits per heavy atom. The zero-order valence-electron chi connectivity index (χ0n) is 15.6. The van der Waals surface area contributed by atoms with Gasteiger partial charge in [0.25, 0.3) is 0 Å². The summed E-state index contributed by atoms with van der Waals surface area (Å²) in [5, 5.41) is 6.29. The fourth-order valence-electron chi connectivity index (χ4n) is 2.57. The molecule has 0 saturated carbocycles. The predicted molar refractivity (Wildman–Crippen MR) is 104 cm³/mol. The van der Waals surface area contributed by atoms with Gasteiger partial charge in [0.05, 0.1) is 12.8 Å².